The molecule has 0 aliphatic rings. The summed E-state index contributed by atoms with van der Waals surface area (Å²) in [6, 6.07) is 17.9. The fourth-order valence-corrected chi connectivity index (χ4v) is 5.08. The first kappa shape index (κ1) is 27.5. The maximum Gasteiger partial charge on any atom is 0.264 e. The Hall–Kier alpha value is -3.07. The molecule has 0 atom stereocenters. The topological polar surface area (TPSA) is 88.1 Å². The number of sulfonamides is 1. The molecule has 3 aromatic rings. The summed E-state index contributed by atoms with van der Waals surface area (Å²) < 4.78 is 33.4. The molecule has 0 bridgehead atoms. The first-order chi connectivity index (χ1) is 17.2. The van der Waals surface area contributed by atoms with Crippen LogP contribution < -0.4 is 14.5 Å². The molecule has 0 heterocycles. The van der Waals surface area contributed by atoms with Crippen LogP contribution in [0.1, 0.15) is 30.9 Å². The standard InChI is InChI=1S/C26H27Cl2N3O4S/c1-3-4-13-35-24-9-7-20(8-10-24)17-29-30-26(32)18-31(23-15-21(27)14-22(28)16-23)36(33,34)25-11-5-19(2)6-12-25/h5-12,14-17H,3-4,13,18H2,1-2H3,(H,30,32)/b29-17-. The lowest BCUT2D eigenvalue weighted by Crippen LogP contribution is -2.39. The molecule has 0 radical (unpaired) electrons. The molecule has 0 aromatic heterocycles. The molecule has 0 saturated heterocycles. The Bertz CT molecular complexity index is 1290. The van der Waals surface area contributed by atoms with E-state index in [9.17, 15) is 13.2 Å². The number of hydrazone groups is 1. The molecule has 3 rings (SSSR count). The van der Waals surface area contributed by atoms with Gasteiger partial charge in [0.1, 0.15) is 12.3 Å². The van der Waals surface area contributed by atoms with Gasteiger partial charge in [-0.3, -0.25) is 9.10 Å². The van der Waals surface area contributed by atoms with Gasteiger partial charge >= 0.3 is 0 Å². The van der Waals surface area contributed by atoms with Crippen molar-refractivity contribution in [1.29, 1.82) is 0 Å². The molecule has 3 aromatic carbocycles. The summed E-state index contributed by atoms with van der Waals surface area (Å²) in [5.74, 6) is 0.110. The van der Waals surface area contributed by atoms with Gasteiger partial charge in [0.25, 0.3) is 15.9 Å². The second-order valence-electron chi connectivity index (χ2n) is 8.02. The number of benzene rings is 3. The SMILES string of the molecule is CCCCOc1ccc(/C=N\NC(=O)CN(c2cc(Cl)cc(Cl)c2)S(=O)(=O)c2ccc(C)cc2)cc1. The number of amides is 1. The molecule has 190 valence electrons. The Morgan fingerprint density at radius 3 is 2.28 bits per heavy atom. The quantitative estimate of drug-likeness (QED) is 0.186. The first-order valence-electron chi connectivity index (χ1n) is 11.3. The number of anilines is 1. The van der Waals surface area contributed by atoms with Crippen LogP contribution in [-0.4, -0.2) is 33.7 Å². The lowest BCUT2D eigenvalue weighted by atomic mass is 10.2. The number of ether oxygens (including phenoxy) is 1. The van der Waals surface area contributed by atoms with Crippen molar-refractivity contribution >= 4 is 51.0 Å². The highest BCUT2D eigenvalue weighted by Gasteiger charge is 2.27. The minimum atomic E-state index is -4.10. The Morgan fingerprint density at radius 1 is 1.03 bits per heavy atom. The molecule has 7 nitrogen and oxygen atoms in total. The van der Waals surface area contributed by atoms with Crippen LogP contribution in [0.4, 0.5) is 5.69 Å². The monoisotopic (exact) mass is 547 g/mol. The largest absolute Gasteiger partial charge is 0.494 e. The van der Waals surface area contributed by atoms with E-state index in [1.54, 1.807) is 24.3 Å². The van der Waals surface area contributed by atoms with Gasteiger partial charge < -0.3 is 4.74 Å². The molecule has 0 aliphatic heterocycles. The number of hydrogen-bond donors (Lipinski definition) is 1. The molecule has 0 aliphatic carbocycles. The Kier molecular flexibility index (Phi) is 9.75. The van der Waals surface area contributed by atoms with Crippen molar-refractivity contribution in [3.63, 3.8) is 0 Å². The lowest BCUT2D eigenvalue weighted by Gasteiger charge is -2.24. The molecule has 1 amide bonds. The molecule has 1 N–H and O–H groups in total. The zero-order chi connectivity index (χ0) is 26.1. The van der Waals surface area contributed by atoms with Gasteiger partial charge in [0.05, 0.1) is 23.4 Å². The van der Waals surface area contributed by atoms with E-state index in [0.29, 0.717) is 6.61 Å². The molecule has 36 heavy (non-hydrogen) atoms. The van der Waals surface area contributed by atoms with Gasteiger partial charge in [0.15, 0.2) is 0 Å². The Morgan fingerprint density at radius 2 is 1.67 bits per heavy atom. The highest BCUT2D eigenvalue weighted by molar-refractivity contribution is 7.92. The van der Waals surface area contributed by atoms with Gasteiger partial charge in [-0.05, 0) is 73.5 Å². The number of carbonyl (C=O) groups excluding carboxylic acids is 1. The van der Waals surface area contributed by atoms with E-state index in [2.05, 4.69) is 17.5 Å². The predicted octanol–water partition coefficient (Wildman–Crippen LogP) is 5.83. The fourth-order valence-electron chi connectivity index (χ4n) is 3.16. The summed E-state index contributed by atoms with van der Waals surface area (Å²) in [7, 11) is -4.10. The van der Waals surface area contributed by atoms with Crippen LogP contribution >= 0.6 is 23.2 Å². The zero-order valence-electron chi connectivity index (χ0n) is 19.9. The smallest absolute Gasteiger partial charge is 0.264 e. The number of halogens is 2. The summed E-state index contributed by atoms with van der Waals surface area (Å²) >= 11 is 12.2. The van der Waals surface area contributed by atoms with Crippen LogP contribution in [0.5, 0.6) is 5.75 Å². The van der Waals surface area contributed by atoms with E-state index in [1.807, 2.05) is 19.1 Å². The van der Waals surface area contributed by atoms with E-state index in [4.69, 9.17) is 27.9 Å². The van der Waals surface area contributed by atoms with Crippen LogP contribution in [0, 0.1) is 6.92 Å². The van der Waals surface area contributed by atoms with Crippen molar-refractivity contribution in [1.82, 2.24) is 5.43 Å². The fraction of sp³-hybridized carbons (Fsp3) is 0.231. The van der Waals surface area contributed by atoms with E-state index >= 15 is 0 Å². The van der Waals surface area contributed by atoms with Crippen LogP contribution in [0.3, 0.4) is 0 Å². The zero-order valence-corrected chi connectivity index (χ0v) is 22.3. The number of hydrogen-bond acceptors (Lipinski definition) is 5. The molecule has 0 spiro atoms. The third-order valence-corrected chi connectivity index (χ3v) is 7.31. The maximum atomic E-state index is 13.4. The van der Waals surface area contributed by atoms with Crippen molar-refractivity contribution in [3.8, 4) is 5.75 Å². The summed E-state index contributed by atoms with van der Waals surface area (Å²) in [4.78, 5) is 12.7. The summed E-state index contributed by atoms with van der Waals surface area (Å²) in [5.41, 5.74) is 4.18. The van der Waals surface area contributed by atoms with Gasteiger partial charge in [-0.2, -0.15) is 5.10 Å². The highest BCUT2D eigenvalue weighted by Crippen LogP contribution is 2.29. The average molecular weight is 548 g/mol. The second kappa shape index (κ2) is 12.8. The normalized spacial score (nSPS) is 11.4. The van der Waals surface area contributed by atoms with Crippen molar-refractivity contribution in [3.05, 3.63) is 87.9 Å². The number of nitrogens with one attached hydrogen (secondary N) is 1. The number of rotatable bonds is 11. The van der Waals surface area contributed by atoms with Crippen LogP contribution in [0.2, 0.25) is 10.0 Å². The predicted molar refractivity (Wildman–Crippen MR) is 145 cm³/mol. The molecular weight excluding hydrogens is 521 g/mol. The van der Waals surface area contributed by atoms with Crippen molar-refractivity contribution in [2.75, 3.05) is 17.5 Å². The van der Waals surface area contributed by atoms with Crippen LogP contribution in [0.25, 0.3) is 0 Å². The molecule has 10 heteroatoms. The molecule has 0 saturated carbocycles. The van der Waals surface area contributed by atoms with Crippen molar-refractivity contribution in [2.24, 2.45) is 5.10 Å². The first-order valence-corrected chi connectivity index (χ1v) is 13.5. The van der Waals surface area contributed by atoms with Gasteiger partial charge in [0.2, 0.25) is 0 Å². The van der Waals surface area contributed by atoms with Crippen LogP contribution in [-0.2, 0) is 14.8 Å². The minimum Gasteiger partial charge on any atom is -0.494 e. The number of aryl methyl sites for hydroxylation is 1. The number of nitrogens with zero attached hydrogens (tertiary/aromatic N) is 2. The Balaban J connectivity index is 1.75. The maximum absolute atomic E-state index is 13.4. The van der Waals surface area contributed by atoms with Gasteiger partial charge in [-0.1, -0.05) is 54.2 Å². The summed E-state index contributed by atoms with van der Waals surface area (Å²) in [6.07, 6.45) is 3.49. The van der Waals surface area contributed by atoms with Crippen molar-refractivity contribution in [2.45, 2.75) is 31.6 Å². The lowest BCUT2D eigenvalue weighted by molar-refractivity contribution is -0.119. The molecule has 0 unspecified atom stereocenters. The minimum absolute atomic E-state index is 0.0294. The van der Waals surface area contributed by atoms with E-state index in [1.165, 1.54) is 36.5 Å². The van der Waals surface area contributed by atoms with Gasteiger partial charge in [0, 0.05) is 10.0 Å². The van der Waals surface area contributed by atoms with Crippen LogP contribution in [0.15, 0.2) is 76.7 Å². The second-order valence-corrected chi connectivity index (χ2v) is 10.8. The third kappa shape index (κ3) is 7.71. The third-order valence-electron chi connectivity index (χ3n) is 5.08. The molecule has 0 fully saturated rings. The van der Waals surface area contributed by atoms with Gasteiger partial charge in [-0.15, -0.1) is 0 Å². The highest BCUT2D eigenvalue weighted by atomic mass is 35.5. The van der Waals surface area contributed by atoms with Crippen molar-refractivity contribution < 1.29 is 17.9 Å². The van der Waals surface area contributed by atoms with E-state index in [0.717, 1.165) is 34.0 Å². The molecular formula is C26H27Cl2N3O4S. The number of carbonyl (C=O) groups is 1. The van der Waals surface area contributed by atoms with E-state index < -0.39 is 22.5 Å². The summed E-state index contributed by atoms with van der Waals surface area (Å²) in [5, 5.41) is 4.43. The number of unbranched alkanes of at least 4 members (excludes halogenated alkanes) is 1. The average Bonchev–Trinajstić information content (AvgIpc) is 2.83. The van der Waals surface area contributed by atoms with Gasteiger partial charge in [-0.25, -0.2) is 13.8 Å². The Labute approximate surface area is 221 Å². The van der Waals surface area contributed by atoms with E-state index in [-0.39, 0.29) is 20.6 Å². The summed E-state index contributed by atoms with van der Waals surface area (Å²) in [6.45, 7) is 4.07.